The van der Waals surface area contributed by atoms with Crippen LogP contribution in [0, 0.1) is 0 Å². The minimum atomic E-state index is -10.8. The Labute approximate surface area is 91.4 Å². The van der Waals surface area contributed by atoms with Crippen molar-refractivity contribution in [3.8, 4) is 0 Å². The first-order chi connectivity index (χ1) is 2.45. The van der Waals surface area contributed by atoms with Gasteiger partial charge < -0.3 is 0 Å². The molecule has 0 heterocycles. The summed E-state index contributed by atoms with van der Waals surface area (Å²) in [7, 11) is -10.8. The van der Waals surface area contributed by atoms with E-state index in [0.717, 1.165) is 0 Å². The monoisotopic (exact) mass is 188 g/mol. The molecule has 0 aromatic rings. The zero-order valence-corrected chi connectivity index (χ0v) is 9.77. The first-order valence-corrected chi connectivity index (χ1v) is 3.40. The average Bonchev–Trinajstić information content (AvgIpc) is 0.592. The Morgan fingerprint density at radius 2 is 0.556 bits per heavy atom. The van der Waals surface area contributed by atoms with Crippen LogP contribution < -0.4 is 59.1 Å². The molecule has 0 nitrogen and oxygen atoms in total. The molecule has 48 valence electrons. The van der Waals surface area contributed by atoms with E-state index in [0.29, 0.717) is 0 Å². The van der Waals surface area contributed by atoms with Crippen LogP contribution in [0.15, 0.2) is 0 Å². The van der Waals surface area contributed by atoms with Crippen molar-refractivity contribution in [2.75, 3.05) is 0 Å². The van der Waals surface area contributed by atoms with Crippen LogP contribution in [0.1, 0.15) is 0 Å². The molecule has 0 aliphatic heterocycles. The Kier molecular flexibility index (Phi) is 5.09. The molecular formula is F6Na2Si. The maximum Gasteiger partial charge on any atom is 1.00 e. The molecule has 0 N–H and O–H groups in total. The number of halogens is 6. The third-order valence-corrected chi connectivity index (χ3v) is 0. The molecule has 0 radical (unpaired) electrons. The Hall–Kier alpha value is 1.80. The standard InChI is InChI=1S/F6Si.2Na/c1-7(2,3,4,5)6;;/q-2;2*+1. The van der Waals surface area contributed by atoms with E-state index in [1.54, 1.807) is 0 Å². The Balaban J connectivity index is -0.000000180. The van der Waals surface area contributed by atoms with Crippen molar-refractivity contribution in [3.63, 3.8) is 0 Å². The van der Waals surface area contributed by atoms with E-state index < -0.39 is 8.63 Å². The summed E-state index contributed by atoms with van der Waals surface area (Å²) >= 11 is 0. The topological polar surface area (TPSA) is 0 Å². The third kappa shape index (κ3) is 184. The maximum atomic E-state index is 9.88. The molecule has 0 aromatic heterocycles. The van der Waals surface area contributed by atoms with Gasteiger partial charge in [0.1, 0.15) is 0 Å². The minimum Gasteiger partial charge on any atom is 1.00 e. The van der Waals surface area contributed by atoms with Crippen molar-refractivity contribution in [1.29, 1.82) is 0 Å². The van der Waals surface area contributed by atoms with Crippen LogP contribution in [0.5, 0.6) is 0 Å². The molecule has 9 heavy (non-hydrogen) atoms. The second-order valence-electron chi connectivity index (χ2n) is 1.07. The van der Waals surface area contributed by atoms with Gasteiger partial charge in [0.15, 0.2) is 0 Å². The maximum absolute atomic E-state index is 10.8. The first kappa shape index (κ1) is 17.0. The van der Waals surface area contributed by atoms with E-state index >= 15 is 0 Å². The van der Waals surface area contributed by atoms with Crippen molar-refractivity contribution >= 4 is 8.63 Å². The minimum absolute atomic E-state index is 0. The molecule has 0 saturated heterocycles. The molecule has 0 atom stereocenters. The summed E-state index contributed by atoms with van der Waals surface area (Å²) in [5.74, 6) is 0. The number of hydrogen-bond acceptors (Lipinski definition) is 0. The van der Waals surface area contributed by atoms with Gasteiger partial charge in [0, 0.05) is 0 Å². The fraction of sp³-hybridized carbons (Fsp3) is 0. The number of hydrogen-bond donors (Lipinski definition) is 0. The predicted molar refractivity (Wildman–Crippen MR) is 12.4 cm³/mol. The summed E-state index contributed by atoms with van der Waals surface area (Å²) in [6.45, 7) is 0. The van der Waals surface area contributed by atoms with Crippen LogP contribution in [0.3, 0.4) is 0 Å². The molecule has 0 amide bonds. The van der Waals surface area contributed by atoms with E-state index in [1.807, 2.05) is 0 Å². The van der Waals surface area contributed by atoms with Crippen LogP contribution >= 0.6 is 0 Å². The van der Waals surface area contributed by atoms with Crippen LogP contribution in [-0.4, -0.2) is 8.63 Å². The van der Waals surface area contributed by atoms with Crippen molar-refractivity contribution in [1.82, 2.24) is 0 Å². The van der Waals surface area contributed by atoms with Gasteiger partial charge in [-0.15, -0.1) is 0 Å². The van der Waals surface area contributed by atoms with Gasteiger partial charge in [-0.2, -0.15) is 0 Å². The van der Waals surface area contributed by atoms with Crippen LogP contribution in [-0.2, 0) is 0 Å². The molecule has 0 aromatic carbocycles. The van der Waals surface area contributed by atoms with Gasteiger partial charge in [-0.05, 0) is 0 Å². The van der Waals surface area contributed by atoms with Gasteiger partial charge >= 0.3 is 92.4 Å². The quantitative estimate of drug-likeness (QED) is 0.207. The summed E-state index contributed by atoms with van der Waals surface area (Å²) in [4.78, 5) is 0. The van der Waals surface area contributed by atoms with Crippen LogP contribution in [0.25, 0.3) is 0 Å². The molecule has 0 saturated carbocycles. The second-order valence-corrected chi connectivity index (χ2v) is 3.21. The zero-order chi connectivity index (χ0) is 6.41. The van der Waals surface area contributed by atoms with Gasteiger partial charge in [-0.1, -0.05) is 0 Å². The Morgan fingerprint density at radius 3 is 0.556 bits per heavy atom. The summed E-state index contributed by atoms with van der Waals surface area (Å²) in [5, 5.41) is 0. The third-order valence-electron chi connectivity index (χ3n) is 0. The first-order valence-electron chi connectivity index (χ1n) is 1.13. The molecule has 0 bridgehead atoms. The molecule has 0 aliphatic rings. The molecule has 0 spiro atoms. The molecule has 0 aliphatic carbocycles. The SMILES string of the molecule is F[Si-2](F)(F)(F)(F)F.[Na+].[Na+]. The fourth-order valence-corrected chi connectivity index (χ4v) is 0. The summed E-state index contributed by atoms with van der Waals surface area (Å²) in [6.07, 6.45) is 0. The van der Waals surface area contributed by atoms with Gasteiger partial charge in [0.25, 0.3) is 0 Å². The average molecular weight is 188 g/mol. The molecular weight excluding hydrogens is 188 g/mol. The molecule has 0 rings (SSSR count). The predicted octanol–water partition coefficient (Wildman–Crippen LogP) is -3.85. The van der Waals surface area contributed by atoms with Gasteiger partial charge in [0.2, 0.25) is 0 Å². The summed E-state index contributed by atoms with van der Waals surface area (Å²) in [6, 6.07) is 0. The molecule has 0 fully saturated rings. The van der Waals surface area contributed by atoms with Crippen LogP contribution in [0.4, 0.5) is 24.6 Å². The van der Waals surface area contributed by atoms with Crippen LogP contribution in [0.2, 0.25) is 0 Å². The van der Waals surface area contributed by atoms with Gasteiger partial charge in [-0.3, -0.25) is 0 Å². The van der Waals surface area contributed by atoms with Crippen molar-refractivity contribution in [3.05, 3.63) is 0 Å². The van der Waals surface area contributed by atoms with E-state index in [2.05, 4.69) is 0 Å². The van der Waals surface area contributed by atoms with Gasteiger partial charge in [0.05, 0.1) is 0 Å². The van der Waals surface area contributed by atoms with Crippen molar-refractivity contribution < 1.29 is 83.8 Å². The van der Waals surface area contributed by atoms with E-state index in [1.165, 1.54) is 0 Å². The Bertz CT molecular complexity index is 69.6. The van der Waals surface area contributed by atoms with Crippen molar-refractivity contribution in [2.45, 2.75) is 0 Å². The zero-order valence-electron chi connectivity index (χ0n) is 4.77. The van der Waals surface area contributed by atoms with Crippen molar-refractivity contribution in [2.24, 2.45) is 0 Å². The second kappa shape index (κ2) is 2.69. The largest absolute Gasteiger partial charge is 1.00 e. The van der Waals surface area contributed by atoms with E-state index in [4.69, 9.17) is 0 Å². The smallest absolute Gasteiger partial charge is 1.00 e. The normalized spacial score (nSPS) is 18.0. The van der Waals surface area contributed by atoms with E-state index in [-0.39, 0.29) is 59.1 Å². The van der Waals surface area contributed by atoms with E-state index in [9.17, 15) is 24.6 Å². The summed E-state index contributed by atoms with van der Waals surface area (Å²) in [5.41, 5.74) is 0. The fourth-order valence-electron chi connectivity index (χ4n) is 0. The Morgan fingerprint density at radius 1 is 0.556 bits per heavy atom. The molecule has 0 unspecified atom stereocenters. The molecule has 9 heteroatoms. The number of rotatable bonds is 0. The van der Waals surface area contributed by atoms with Gasteiger partial charge in [-0.25, -0.2) is 0 Å². The summed E-state index contributed by atoms with van der Waals surface area (Å²) < 4.78 is 59.3.